The number of rotatable bonds is 2. The second-order valence-corrected chi connectivity index (χ2v) is 5.51. The number of halogens is 1. The largest absolute Gasteiger partial charge is 0.316 e. The van der Waals surface area contributed by atoms with Gasteiger partial charge in [0.2, 0.25) is 5.16 Å². The quantitative estimate of drug-likeness (QED) is 0.790. The Balaban J connectivity index is 2.09. The van der Waals surface area contributed by atoms with Crippen molar-refractivity contribution in [2.75, 3.05) is 13.1 Å². The Morgan fingerprint density at radius 2 is 2.20 bits per heavy atom. The summed E-state index contributed by atoms with van der Waals surface area (Å²) in [5.74, 6) is 0. The lowest BCUT2D eigenvalue weighted by Gasteiger charge is -2.20. The maximum absolute atomic E-state index is 12.0. The molecule has 1 N–H and O–H groups in total. The zero-order chi connectivity index (χ0) is 10.7. The number of nitrogens with zero attached hydrogens (tertiary/aromatic N) is 2. The predicted octanol–water partition coefficient (Wildman–Crippen LogP) is 0.990. The third kappa shape index (κ3) is 2.74. The fourth-order valence-electron chi connectivity index (χ4n) is 1.56. The molecule has 0 aromatic carbocycles. The van der Waals surface area contributed by atoms with Gasteiger partial charge < -0.3 is 5.32 Å². The van der Waals surface area contributed by atoms with E-state index in [4.69, 9.17) is 11.6 Å². The van der Waals surface area contributed by atoms with E-state index < -0.39 is 10.8 Å². The van der Waals surface area contributed by atoms with E-state index in [1.54, 1.807) is 0 Å². The molecule has 1 fully saturated rings. The maximum Gasteiger partial charge on any atom is 0.218 e. The van der Waals surface area contributed by atoms with Crippen LogP contribution in [0.2, 0.25) is 5.02 Å². The van der Waals surface area contributed by atoms with Gasteiger partial charge in [0.25, 0.3) is 0 Å². The Labute approximate surface area is 95.9 Å². The van der Waals surface area contributed by atoms with Gasteiger partial charge in [0, 0.05) is 6.54 Å². The minimum Gasteiger partial charge on any atom is -0.316 e. The Morgan fingerprint density at radius 3 is 2.80 bits per heavy atom. The van der Waals surface area contributed by atoms with Crippen molar-refractivity contribution >= 4 is 22.4 Å². The van der Waals surface area contributed by atoms with Crippen LogP contribution in [0.5, 0.6) is 0 Å². The Bertz CT molecular complexity index is 351. The van der Waals surface area contributed by atoms with Crippen LogP contribution in [0.1, 0.15) is 12.8 Å². The second kappa shape index (κ2) is 5.01. The molecule has 1 aromatic heterocycles. The van der Waals surface area contributed by atoms with Crippen molar-refractivity contribution in [1.82, 2.24) is 15.3 Å². The summed E-state index contributed by atoms with van der Waals surface area (Å²) in [7, 11) is -1.12. The minimum absolute atomic E-state index is 0.125. The number of piperidine rings is 1. The van der Waals surface area contributed by atoms with Gasteiger partial charge in [-0.15, -0.1) is 0 Å². The van der Waals surface area contributed by atoms with Crippen LogP contribution in [0.25, 0.3) is 0 Å². The molecule has 2 unspecified atom stereocenters. The first-order chi connectivity index (χ1) is 7.27. The topological polar surface area (TPSA) is 54.9 Å². The lowest BCUT2D eigenvalue weighted by Crippen LogP contribution is -2.36. The van der Waals surface area contributed by atoms with Crippen molar-refractivity contribution in [3.8, 4) is 0 Å². The van der Waals surface area contributed by atoms with E-state index in [9.17, 15) is 4.21 Å². The first kappa shape index (κ1) is 11.0. The average Bonchev–Trinajstić information content (AvgIpc) is 2.30. The van der Waals surface area contributed by atoms with Gasteiger partial charge in [-0.05, 0) is 19.4 Å². The smallest absolute Gasteiger partial charge is 0.218 e. The minimum atomic E-state index is -1.12. The van der Waals surface area contributed by atoms with Gasteiger partial charge in [0.05, 0.1) is 33.5 Å². The normalized spacial score (nSPS) is 23.7. The van der Waals surface area contributed by atoms with E-state index in [0.717, 1.165) is 25.9 Å². The number of hydrogen-bond acceptors (Lipinski definition) is 4. The Morgan fingerprint density at radius 1 is 1.47 bits per heavy atom. The van der Waals surface area contributed by atoms with Crippen LogP contribution in [0.4, 0.5) is 0 Å². The van der Waals surface area contributed by atoms with Crippen LogP contribution in [-0.2, 0) is 10.8 Å². The van der Waals surface area contributed by atoms with Crippen LogP contribution in [0, 0.1) is 0 Å². The fourth-order valence-corrected chi connectivity index (χ4v) is 2.91. The zero-order valence-corrected chi connectivity index (χ0v) is 9.72. The molecule has 1 aromatic rings. The average molecular weight is 246 g/mol. The molecule has 0 spiro atoms. The predicted molar refractivity (Wildman–Crippen MR) is 59.3 cm³/mol. The molecule has 0 radical (unpaired) electrons. The molecular formula is C9H12ClN3OS. The lowest BCUT2D eigenvalue weighted by atomic mass is 10.2. The summed E-state index contributed by atoms with van der Waals surface area (Å²) in [6, 6.07) is 0. The summed E-state index contributed by atoms with van der Waals surface area (Å²) >= 11 is 5.67. The maximum atomic E-state index is 12.0. The summed E-state index contributed by atoms with van der Waals surface area (Å²) in [4.78, 5) is 7.96. The number of aromatic nitrogens is 2. The summed E-state index contributed by atoms with van der Waals surface area (Å²) in [5.41, 5.74) is 0. The Kier molecular flexibility index (Phi) is 3.66. The highest BCUT2D eigenvalue weighted by molar-refractivity contribution is 7.85. The molecule has 15 heavy (non-hydrogen) atoms. The summed E-state index contributed by atoms with van der Waals surface area (Å²) in [6.45, 7) is 1.79. The van der Waals surface area contributed by atoms with E-state index in [1.165, 1.54) is 12.4 Å². The van der Waals surface area contributed by atoms with E-state index >= 15 is 0 Å². The van der Waals surface area contributed by atoms with Gasteiger partial charge >= 0.3 is 0 Å². The molecule has 0 bridgehead atoms. The van der Waals surface area contributed by atoms with Gasteiger partial charge in [-0.3, -0.25) is 4.21 Å². The fraction of sp³-hybridized carbons (Fsp3) is 0.556. The summed E-state index contributed by atoms with van der Waals surface area (Å²) in [5, 5.41) is 4.20. The van der Waals surface area contributed by atoms with Crippen LogP contribution < -0.4 is 5.32 Å². The van der Waals surface area contributed by atoms with Gasteiger partial charge in [-0.1, -0.05) is 11.6 Å². The van der Waals surface area contributed by atoms with Crippen molar-refractivity contribution in [2.45, 2.75) is 23.2 Å². The van der Waals surface area contributed by atoms with Crippen LogP contribution in [-0.4, -0.2) is 32.5 Å². The molecule has 2 rings (SSSR count). The van der Waals surface area contributed by atoms with Gasteiger partial charge in [-0.25, -0.2) is 9.97 Å². The van der Waals surface area contributed by atoms with Crippen molar-refractivity contribution in [1.29, 1.82) is 0 Å². The van der Waals surface area contributed by atoms with E-state index in [0.29, 0.717) is 10.2 Å². The SMILES string of the molecule is O=S(c1ncc(Cl)cn1)C1CCCNC1. The highest BCUT2D eigenvalue weighted by Gasteiger charge is 2.22. The highest BCUT2D eigenvalue weighted by Crippen LogP contribution is 2.14. The molecule has 2 heterocycles. The third-order valence-corrected chi connectivity index (χ3v) is 4.10. The summed E-state index contributed by atoms with van der Waals surface area (Å²) < 4.78 is 12.0. The van der Waals surface area contributed by atoms with E-state index in [1.807, 2.05) is 0 Å². The van der Waals surface area contributed by atoms with Crippen molar-refractivity contribution in [3.05, 3.63) is 17.4 Å². The molecule has 1 saturated heterocycles. The van der Waals surface area contributed by atoms with Crippen molar-refractivity contribution in [3.63, 3.8) is 0 Å². The zero-order valence-electron chi connectivity index (χ0n) is 8.15. The van der Waals surface area contributed by atoms with Crippen LogP contribution in [0.3, 0.4) is 0 Å². The monoisotopic (exact) mass is 245 g/mol. The Hall–Kier alpha value is -0.520. The molecule has 0 aliphatic carbocycles. The van der Waals surface area contributed by atoms with Gasteiger partial charge in [0.15, 0.2) is 0 Å². The molecule has 82 valence electrons. The lowest BCUT2D eigenvalue weighted by molar-refractivity contribution is 0.518. The molecular weight excluding hydrogens is 234 g/mol. The molecule has 4 nitrogen and oxygen atoms in total. The van der Waals surface area contributed by atoms with E-state index in [2.05, 4.69) is 15.3 Å². The molecule has 1 aliphatic heterocycles. The first-order valence-electron chi connectivity index (χ1n) is 4.86. The summed E-state index contributed by atoms with van der Waals surface area (Å²) in [6.07, 6.45) is 4.99. The molecule has 6 heteroatoms. The van der Waals surface area contributed by atoms with Crippen molar-refractivity contribution in [2.24, 2.45) is 0 Å². The molecule has 2 atom stereocenters. The highest BCUT2D eigenvalue weighted by atomic mass is 35.5. The number of hydrogen-bond donors (Lipinski definition) is 1. The molecule has 0 saturated carbocycles. The molecule has 0 amide bonds. The van der Waals surface area contributed by atoms with Crippen molar-refractivity contribution < 1.29 is 4.21 Å². The number of nitrogens with one attached hydrogen (secondary N) is 1. The first-order valence-corrected chi connectivity index (χ1v) is 6.45. The van der Waals surface area contributed by atoms with Gasteiger partial charge in [0.1, 0.15) is 0 Å². The molecule has 1 aliphatic rings. The van der Waals surface area contributed by atoms with Gasteiger partial charge in [-0.2, -0.15) is 0 Å². The van der Waals surface area contributed by atoms with E-state index in [-0.39, 0.29) is 5.25 Å². The third-order valence-electron chi connectivity index (χ3n) is 2.33. The second-order valence-electron chi connectivity index (χ2n) is 3.45. The van der Waals surface area contributed by atoms with Crippen LogP contribution >= 0.6 is 11.6 Å². The standard InChI is InChI=1S/C9H12ClN3OS/c10-7-4-12-9(13-5-7)15(14)8-2-1-3-11-6-8/h4-5,8,11H,1-3,6H2. The van der Waals surface area contributed by atoms with Crippen LogP contribution in [0.15, 0.2) is 17.6 Å².